The molecule has 0 bridgehead atoms. The minimum absolute atomic E-state index is 0.166. The number of aromatic nitrogens is 2. The van der Waals surface area contributed by atoms with Crippen LogP contribution in [0.4, 0.5) is 0 Å². The first kappa shape index (κ1) is 12.8. The molecule has 0 atom stereocenters. The molecule has 3 rings (SSSR count). The average Bonchev–Trinajstić information content (AvgIpc) is 2.79. The highest BCUT2D eigenvalue weighted by Crippen LogP contribution is 2.18. The summed E-state index contributed by atoms with van der Waals surface area (Å²) in [5, 5.41) is 3.40. The number of rotatable bonds is 2. The quantitative estimate of drug-likeness (QED) is 0.859. The van der Waals surface area contributed by atoms with Crippen LogP contribution in [0, 0.1) is 0 Å². The van der Waals surface area contributed by atoms with Crippen molar-refractivity contribution in [2.45, 2.75) is 6.92 Å². The SMILES string of the molecule is CCSC1=N/C(=C\c2ccc3nccnc3c2)C(=O)N1. The number of hydrogen-bond donors (Lipinski definition) is 1. The summed E-state index contributed by atoms with van der Waals surface area (Å²) >= 11 is 1.51. The maximum Gasteiger partial charge on any atom is 0.275 e. The van der Waals surface area contributed by atoms with Crippen molar-refractivity contribution in [2.75, 3.05) is 5.75 Å². The summed E-state index contributed by atoms with van der Waals surface area (Å²) in [6, 6.07) is 5.67. The maximum absolute atomic E-state index is 11.8. The van der Waals surface area contributed by atoms with Gasteiger partial charge in [-0.3, -0.25) is 20.1 Å². The molecule has 1 aliphatic heterocycles. The zero-order valence-electron chi connectivity index (χ0n) is 10.8. The summed E-state index contributed by atoms with van der Waals surface area (Å²) in [6.07, 6.45) is 5.06. The van der Waals surface area contributed by atoms with E-state index in [9.17, 15) is 4.79 Å². The summed E-state index contributed by atoms with van der Waals surface area (Å²) < 4.78 is 0. The van der Waals surface area contributed by atoms with Crippen molar-refractivity contribution >= 4 is 39.9 Å². The van der Waals surface area contributed by atoms with E-state index in [4.69, 9.17) is 0 Å². The van der Waals surface area contributed by atoms with Gasteiger partial charge in [0.25, 0.3) is 5.91 Å². The largest absolute Gasteiger partial charge is 0.300 e. The Balaban J connectivity index is 1.95. The Morgan fingerprint density at radius 1 is 1.25 bits per heavy atom. The smallest absolute Gasteiger partial charge is 0.275 e. The molecule has 0 saturated carbocycles. The number of amides is 1. The van der Waals surface area contributed by atoms with Crippen LogP contribution in [0.15, 0.2) is 41.3 Å². The standard InChI is InChI=1S/C14H12N4OS/c1-2-20-14-17-12(13(19)18-14)8-9-3-4-10-11(7-9)16-6-5-15-10/h3-8H,2H2,1H3,(H,17,18,19)/b12-8-. The van der Waals surface area contributed by atoms with Gasteiger partial charge in [0.1, 0.15) is 5.70 Å². The number of aliphatic imine (C=N–C) groups is 1. The molecule has 0 spiro atoms. The summed E-state index contributed by atoms with van der Waals surface area (Å²) in [4.78, 5) is 24.5. The van der Waals surface area contributed by atoms with Crippen LogP contribution >= 0.6 is 11.8 Å². The summed E-state index contributed by atoms with van der Waals surface area (Å²) in [5.74, 6) is 0.706. The van der Waals surface area contributed by atoms with Crippen LogP contribution < -0.4 is 5.32 Å². The van der Waals surface area contributed by atoms with Gasteiger partial charge in [0.15, 0.2) is 5.17 Å². The van der Waals surface area contributed by atoms with E-state index in [0.29, 0.717) is 10.9 Å². The lowest BCUT2D eigenvalue weighted by molar-refractivity contribution is -0.115. The summed E-state index contributed by atoms with van der Waals surface area (Å²) in [6.45, 7) is 2.02. The van der Waals surface area contributed by atoms with Gasteiger partial charge in [-0.15, -0.1) is 0 Å². The first-order valence-corrected chi connectivity index (χ1v) is 7.20. The van der Waals surface area contributed by atoms with Gasteiger partial charge in [-0.1, -0.05) is 24.8 Å². The van der Waals surface area contributed by atoms with E-state index in [-0.39, 0.29) is 5.91 Å². The van der Waals surface area contributed by atoms with Crippen molar-refractivity contribution in [3.05, 3.63) is 41.9 Å². The van der Waals surface area contributed by atoms with Crippen molar-refractivity contribution in [2.24, 2.45) is 4.99 Å². The third-order valence-corrected chi connectivity index (χ3v) is 3.51. The van der Waals surface area contributed by atoms with E-state index in [0.717, 1.165) is 22.3 Å². The van der Waals surface area contributed by atoms with E-state index in [1.807, 2.05) is 25.1 Å². The zero-order valence-corrected chi connectivity index (χ0v) is 11.6. The van der Waals surface area contributed by atoms with Gasteiger partial charge in [0.05, 0.1) is 11.0 Å². The minimum Gasteiger partial charge on any atom is -0.300 e. The number of nitrogens with zero attached hydrogens (tertiary/aromatic N) is 3. The van der Waals surface area contributed by atoms with Crippen molar-refractivity contribution in [3.8, 4) is 0 Å². The van der Waals surface area contributed by atoms with Crippen molar-refractivity contribution < 1.29 is 4.79 Å². The Labute approximate surface area is 120 Å². The highest BCUT2D eigenvalue weighted by Gasteiger charge is 2.19. The number of thioether (sulfide) groups is 1. The number of nitrogens with one attached hydrogen (secondary N) is 1. The molecular formula is C14H12N4OS. The van der Waals surface area contributed by atoms with Crippen molar-refractivity contribution in [1.29, 1.82) is 0 Å². The lowest BCUT2D eigenvalue weighted by atomic mass is 10.1. The topological polar surface area (TPSA) is 67.2 Å². The molecule has 0 aliphatic carbocycles. The molecule has 1 N–H and O–H groups in total. The third kappa shape index (κ3) is 2.55. The zero-order chi connectivity index (χ0) is 13.9. The predicted molar refractivity (Wildman–Crippen MR) is 81.2 cm³/mol. The molecule has 1 aliphatic rings. The summed E-state index contributed by atoms with van der Waals surface area (Å²) in [5.41, 5.74) is 2.93. The number of carbonyl (C=O) groups is 1. The Bertz CT molecular complexity index is 739. The Kier molecular flexibility index (Phi) is 3.47. The van der Waals surface area contributed by atoms with E-state index in [1.54, 1.807) is 18.5 Å². The minimum atomic E-state index is -0.166. The van der Waals surface area contributed by atoms with Gasteiger partial charge in [-0.05, 0) is 29.5 Å². The Hall–Kier alpha value is -2.21. The van der Waals surface area contributed by atoms with Gasteiger partial charge in [0, 0.05) is 12.4 Å². The van der Waals surface area contributed by atoms with Crippen LogP contribution in [0.5, 0.6) is 0 Å². The summed E-state index contributed by atoms with van der Waals surface area (Å²) in [7, 11) is 0. The van der Waals surface area contributed by atoms with Crippen LogP contribution in [0.3, 0.4) is 0 Å². The number of carbonyl (C=O) groups excluding carboxylic acids is 1. The molecule has 1 amide bonds. The molecule has 0 radical (unpaired) electrons. The van der Waals surface area contributed by atoms with Crippen LogP contribution in [0.2, 0.25) is 0 Å². The molecule has 5 nitrogen and oxygen atoms in total. The van der Waals surface area contributed by atoms with E-state index >= 15 is 0 Å². The fraction of sp³-hybridized carbons (Fsp3) is 0.143. The molecule has 6 heteroatoms. The molecule has 2 aromatic rings. The monoisotopic (exact) mass is 284 g/mol. The van der Waals surface area contributed by atoms with Crippen LogP contribution in [0.1, 0.15) is 12.5 Å². The Morgan fingerprint density at radius 3 is 2.85 bits per heavy atom. The highest BCUT2D eigenvalue weighted by atomic mass is 32.2. The lowest BCUT2D eigenvalue weighted by Crippen LogP contribution is -2.21. The average molecular weight is 284 g/mol. The molecule has 2 heterocycles. The fourth-order valence-electron chi connectivity index (χ4n) is 1.88. The second-order valence-corrected chi connectivity index (χ2v) is 5.39. The molecular weight excluding hydrogens is 272 g/mol. The molecule has 1 aromatic carbocycles. The van der Waals surface area contributed by atoms with Crippen LogP contribution in [-0.4, -0.2) is 26.8 Å². The maximum atomic E-state index is 11.8. The number of amidine groups is 1. The van der Waals surface area contributed by atoms with Gasteiger partial charge < -0.3 is 0 Å². The van der Waals surface area contributed by atoms with Gasteiger partial charge in [-0.2, -0.15) is 0 Å². The number of fused-ring (bicyclic) bond motifs is 1. The number of benzene rings is 1. The van der Waals surface area contributed by atoms with Gasteiger partial charge in [0.2, 0.25) is 0 Å². The van der Waals surface area contributed by atoms with Gasteiger partial charge in [-0.25, -0.2) is 4.99 Å². The van der Waals surface area contributed by atoms with Crippen molar-refractivity contribution in [1.82, 2.24) is 15.3 Å². The van der Waals surface area contributed by atoms with Crippen LogP contribution in [0.25, 0.3) is 17.1 Å². The molecule has 1 aromatic heterocycles. The molecule has 0 fully saturated rings. The molecule has 0 saturated heterocycles. The number of hydrogen-bond acceptors (Lipinski definition) is 5. The fourth-order valence-corrected chi connectivity index (χ4v) is 2.48. The Morgan fingerprint density at radius 2 is 2.05 bits per heavy atom. The molecule has 100 valence electrons. The van der Waals surface area contributed by atoms with Crippen LogP contribution in [-0.2, 0) is 4.79 Å². The second kappa shape index (κ2) is 5.42. The van der Waals surface area contributed by atoms with E-state index < -0.39 is 0 Å². The molecule has 0 unspecified atom stereocenters. The van der Waals surface area contributed by atoms with Crippen molar-refractivity contribution in [3.63, 3.8) is 0 Å². The van der Waals surface area contributed by atoms with E-state index in [1.165, 1.54) is 11.8 Å². The first-order valence-electron chi connectivity index (χ1n) is 6.21. The predicted octanol–water partition coefficient (Wildman–Crippen LogP) is 2.21. The third-order valence-electron chi connectivity index (χ3n) is 2.75. The highest BCUT2D eigenvalue weighted by molar-refractivity contribution is 8.13. The van der Waals surface area contributed by atoms with E-state index in [2.05, 4.69) is 20.3 Å². The lowest BCUT2D eigenvalue weighted by Gasteiger charge is -1.98. The normalized spacial score (nSPS) is 16.6. The molecule has 20 heavy (non-hydrogen) atoms. The van der Waals surface area contributed by atoms with Gasteiger partial charge >= 0.3 is 0 Å². The first-order chi connectivity index (χ1) is 9.76. The second-order valence-electron chi connectivity index (χ2n) is 4.14.